The van der Waals surface area contributed by atoms with Crippen LogP contribution in [0.25, 0.3) is 5.52 Å². The Labute approximate surface area is 218 Å². The minimum absolute atomic E-state index is 0.0985. The molecule has 38 heavy (non-hydrogen) atoms. The van der Waals surface area contributed by atoms with Crippen LogP contribution in [0.2, 0.25) is 0 Å². The third-order valence-electron chi connectivity index (χ3n) is 5.96. The molecule has 3 aromatic rings. The number of benzene rings is 1. The lowest BCUT2D eigenvalue weighted by Crippen LogP contribution is -2.46. The largest absolute Gasteiger partial charge is 0.465 e. The van der Waals surface area contributed by atoms with Crippen LogP contribution < -0.4 is 15.3 Å². The van der Waals surface area contributed by atoms with Crippen LogP contribution in [0.5, 0.6) is 5.75 Å². The predicted octanol–water partition coefficient (Wildman–Crippen LogP) is 1.72. The zero-order valence-corrected chi connectivity index (χ0v) is 21.5. The van der Waals surface area contributed by atoms with Gasteiger partial charge in [0.1, 0.15) is 42.8 Å². The molecule has 6 atom stereocenters. The van der Waals surface area contributed by atoms with E-state index in [0.29, 0.717) is 16.9 Å². The van der Waals surface area contributed by atoms with Gasteiger partial charge in [-0.25, -0.2) is 9.08 Å². The van der Waals surface area contributed by atoms with E-state index in [1.165, 1.54) is 29.8 Å². The number of nitrogens with two attached hydrogens (primary N) is 1. The molecule has 5 N–H and O–H groups in total. The summed E-state index contributed by atoms with van der Waals surface area (Å²) < 4.78 is 37.1. The molecule has 0 aliphatic carbocycles. The number of anilines is 1. The van der Waals surface area contributed by atoms with Crippen LogP contribution in [-0.4, -0.2) is 62.9 Å². The van der Waals surface area contributed by atoms with Crippen LogP contribution in [0.15, 0.2) is 54.7 Å². The maximum Gasteiger partial charge on any atom is 0.459 e. The molecule has 2 aromatic heterocycles. The standard InChI is InChI=1S/C24H28N5O8P/c1-3-34-23(32)15(2)28-38(33,37-16-7-5-4-6-8-16)35-14-24(13-25)22(31)20(30)21(36-24)19-10-9-18-17(26)11-12-27-29(18)19/h4-12,15,20-22,30-31H,3,14,26H2,1-2H3,(H,28,33)/t15-,20-,21-,22-,24+,38?/m0/s1. The molecule has 3 heterocycles. The van der Waals surface area contributed by atoms with Crippen molar-refractivity contribution in [1.29, 1.82) is 5.26 Å². The molecule has 1 aromatic carbocycles. The number of carbonyl (C=O) groups is 1. The molecular weight excluding hydrogens is 517 g/mol. The zero-order chi connectivity index (χ0) is 27.5. The predicted molar refractivity (Wildman–Crippen MR) is 134 cm³/mol. The van der Waals surface area contributed by atoms with E-state index in [0.717, 1.165) is 0 Å². The second-order valence-corrected chi connectivity index (χ2v) is 10.3. The lowest BCUT2D eigenvalue weighted by atomic mass is 9.96. The average molecular weight is 545 g/mol. The van der Waals surface area contributed by atoms with Crippen LogP contribution in [-0.2, 0) is 23.4 Å². The highest BCUT2D eigenvalue weighted by molar-refractivity contribution is 7.52. The number of ether oxygens (including phenoxy) is 2. The Kier molecular flexibility index (Phi) is 8.03. The van der Waals surface area contributed by atoms with E-state index in [9.17, 15) is 24.8 Å². The molecule has 1 unspecified atom stereocenters. The Morgan fingerprint density at radius 2 is 2.05 bits per heavy atom. The lowest BCUT2D eigenvalue weighted by molar-refractivity contribution is -0.144. The summed E-state index contributed by atoms with van der Waals surface area (Å²) in [6.45, 7) is 2.33. The average Bonchev–Trinajstić information content (AvgIpc) is 3.44. The van der Waals surface area contributed by atoms with Gasteiger partial charge >= 0.3 is 13.7 Å². The van der Waals surface area contributed by atoms with Crippen LogP contribution in [0.4, 0.5) is 5.69 Å². The second-order valence-electron chi connectivity index (χ2n) is 8.60. The highest BCUT2D eigenvalue weighted by Gasteiger charge is 2.57. The van der Waals surface area contributed by atoms with E-state index in [2.05, 4.69) is 10.2 Å². The van der Waals surface area contributed by atoms with Crippen molar-refractivity contribution < 1.29 is 38.1 Å². The van der Waals surface area contributed by atoms with E-state index in [1.807, 2.05) is 6.07 Å². The van der Waals surface area contributed by atoms with Gasteiger partial charge in [-0.1, -0.05) is 18.2 Å². The van der Waals surface area contributed by atoms with E-state index in [1.54, 1.807) is 43.3 Å². The maximum atomic E-state index is 13.7. The van der Waals surface area contributed by atoms with E-state index in [4.69, 9.17) is 24.3 Å². The number of aromatic nitrogens is 2. The zero-order valence-electron chi connectivity index (χ0n) is 20.6. The number of aliphatic hydroxyl groups is 2. The third kappa shape index (κ3) is 5.37. The summed E-state index contributed by atoms with van der Waals surface area (Å²) >= 11 is 0. The van der Waals surface area contributed by atoms with Gasteiger partial charge in [0.05, 0.1) is 23.5 Å². The normalized spacial score (nSPS) is 25.4. The number of fused-ring (bicyclic) bond motifs is 1. The van der Waals surface area contributed by atoms with Crippen LogP contribution in [0, 0.1) is 11.3 Å². The van der Waals surface area contributed by atoms with Gasteiger partial charge in [0, 0.05) is 6.20 Å². The van der Waals surface area contributed by atoms with Crippen molar-refractivity contribution in [3.05, 3.63) is 60.4 Å². The number of carbonyl (C=O) groups excluding carboxylic acids is 1. The summed E-state index contributed by atoms with van der Waals surface area (Å²) in [6.07, 6.45) is -3.08. The fourth-order valence-electron chi connectivity index (χ4n) is 4.01. The molecule has 14 heteroatoms. The number of rotatable bonds is 10. The van der Waals surface area contributed by atoms with Gasteiger partial charge in [0.15, 0.2) is 0 Å². The Hall–Kier alpha value is -3.50. The summed E-state index contributed by atoms with van der Waals surface area (Å²) in [5.41, 5.74) is 5.12. The Bertz CT molecular complexity index is 1380. The van der Waals surface area contributed by atoms with Crippen LogP contribution in [0.1, 0.15) is 25.6 Å². The Morgan fingerprint density at radius 1 is 1.32 bits per heavy atom. The van der Waals surface area contributed by atoms with Crippen molar-refractivity contribution >= 4 is 24.9 Å². The minimum atomic E-state index is -4.36. The number of nitriles is 1. The number of aliphatic hydroxyl groups excluding tert-OH is 2. The SMILES string of the molecule is CCOC(=O)[C@H](C)NP(=O)(OC[C@@]1(C#N)O[C@@H](c2ccc3c(N)ccnn23)[C@H](O)[C@@H]1O)Oc1ccccc1. The van der Waals surface area contributed by atoms with Crippen molar-refractivity contribution in [2.45, 2.75) is 43.8 Å². The van der Waals surface area contributed by atoms with Crippen molar-refractivity contribution in [2.75, 3.05) is 18.9 Å². The molecule has 0 radical (unpaired) electrons. The number of nitrogen functional groups attached to an aromatic ring is 1. The molecule has 1 aliphatic rings. The summed E-state index contributed by atoms with van der Waals surface area (Å²) in [4.78, 5) is 12.2. The fraction of sp³-hybridized carbons (Fsp3) is 0.375. The monoisotopic (exact) mass is 545 g/mol. The molecule has 0 spiro atoms. The minimum Gasteiger partial charge on any atom is -0.465 e. The second kappa shape index (κ2) is 11.1. The fourth-order valence-corrected chi connectivity index (χ4v) is 5.53. The maximum absolute atomic E-state index is 13.7. The first-order valence-electron chi connectivity index (χ1n) is 11.7. The van der Waals surface area contributed by atoms with Crippen molar-refractivity contribution in [3.8, 4) is 11.8 Å². The molecule has 202 valence electrons. The van der Waals surface area contributed by atoms with E-state index in [-0.39, 0.29) is 12.4 Å². The van der Waals surface area contributed by atoms with E-state index < -0.39 is 50.3 Å². The molecule has 0 amide bonds. The number of para-hydroxylation sites is 1. The summed E-state index contributed by atoms with van der Waals surface area (Å²) in [7, 11) is -4.36. The third-order valence-corrected chi connectivity index (χ3v) is 7.58. The van der Waals surface area contributed by atoms with Crippen molar-refractivity contribution in [3.63, 3.8) is 0 Å². The topological polar surface area (TPSA) is 191 Å². The Morgan fingerprint density at radius 3 is 2.74 bits per heavy atom. The van der Waals surface area contributed by atoms with Crippen LogP contribution in [0.3, 0.4) is 0 Å². The van der Waals surface area contributed by atoms with Gasteiger partial charge < -0.3 is 29.9 Å². The first kappa shape index (κ1) is 27.5. The van der Waals surface area contributed by atoms with E-state index >= 15 is 0 Å². The van der Waals surface area contributed by atoms with Gasteiger partial charge in [-0.2, -0.15) is 15.4 Å². The van der Waals surface area contributed by atoms with Gasteiger partial charge in [0.2, 0.25) is 5.60 Å². The van der Waals surface area contributed by atoms with Crippen molar-refractivity contribution in [2.24, 2.45) is 0 Å². The molecule has 1 aliphatic heterocycles. The van der Waals surface area contributed by atoms with Gasteiger partial charge in [-0.05, 0) is 44.2 Å². The molecule has 4 rings (SSSR count). The quantitative estimate of drug-likeness (QED) is 0.213. The molecule has 0 bridgehead atoms. The number of hydrogen-bond donors (Lipinski definition) is 4. The first-order valence-corrected chi connectivity index (χ1v) is 13.3. The van der Waals surface area contributed by atoms with Gasteiger partial charge in [-0.3, -0.25) is 9.32 Å². The first-order chi connectivity index (χ1) is 18.1. The van der Waals surface area contributed by atoms with Crippen molar-refractivity contribution in [1.82, 2.24) is 14.7 Å². The summed E-state index contributed by atoms with van der Waals surface area (Å²) in [5, 5.41) is 38.4. The molecule has 1 fully saturated rings. The summed E-state index contributed by atoms with van der Waals surface area (Å²) in [5.74, 6) is -0.554. The van der Waals surface area contributed by atoms with Gasteiger partial charge in [-0.15, -0.1) is 0 Å². The Balaban J connectivity index is 1.60. The molecular formula is C24H28N5O8P. The number of nitrogens with one attached hydrogen (secondary N) is 1. The lowest BCUT2D eigenvalue weighted by Gasteiger charge is -2.28. The molecule has 13 nitrogen and oxygen atoms in total. The summed E-state index contributed by atoms with van der Waals surface area (Å²) in [6, 6.07) is 13.6. The molecule has 1 saturated heterocycles. The number of hydrogen-bond acceptors (Lipinski definition) is 11. The molecule has 0 saturated carbocycles. The van der Waals surface area contributed by atoms with Gasteiger partial charge in [0.25, 0.3) is 0 Å². The van der Waals surface area contributed by atoms with Crippen LogP contribution >= 0.6 is 7.75 Å². The highest BCUT2D eigenvalue weighted by Crippen LogP contribution is 2.48. The highest BCUT2D eigenvalue weighted by atomic mass is 31.2. The smallest absolute Gasteiger partial charge is 0.459 e. The number of nitrogens with zero attached hydrogens (tertiary/aromatic N) is 3. The number of esters is 1.